The van der Waals surface area contributed by atoms with Crippen molar-refractivity contribution in [3.63, 3.8) is 0 Å². The molecule has 1 amide bonds. The number of anilines is 1. The molecule has 1 N–H and O–H groups in total. The van der Waals surface area contributed by atoms with Crippen LogP contribution in [0.2, 0.25) is 0 Å². The highest BCUT2D eigenvalue weighted by Crippen LogP contribution is 2.32. The molecule has 2 saturated heterocycles. The molecule has 4 heterocycles. The van der Waals surface area contributed by atoms with Crippen LogP contribution in [0.3, 0.4) is 0 Å². The third-order valence-corrected chi connectivity index (χ3v) is 4.85. The summed E-state index contributed by atoms with van der Waals surface area (Å²) in [6.45, 7) is 5.01. The number of hydrogen-bond donors (Lipinski definition) is 1. The van der Waals surface area contributed by atoms with Gasteiger partial charge in [0.1, 0.15) is 5.69 Å². The van der Waals surface area contributed by atoms with Crippen molar-refractivity contribution in [2.75, 3.05) is 31.2 Å². The lowest BCUT2D eigenvalue weighted by Crippen LogP contribution is -2.45. The number of aryl methyl sites for hydroxylation is 1. The smallest absolute Gasteiger partial charge is 0.270 e. The SMILES string of the molecule is Cc1cc(C(=O)NCc2ccccn2)nc(N2CCC3(CC2)OCCO3)n1. The average molecular weight is 369 g/mol. The number of aromatic nitrogens is 3. The van der Waals surface area contributed by atoms with Crippen LogP contribution in [0.25, 0.3) is 0 Å². The molecule has 0 unspecified atom stereocenters. The monoisotopic (exact) mass is 369 g/mol. The fourth-order valence-corrected chi connectivity index (χ4v) is 3.41. The molecule has 0 bridgehead atoms. The Morgan fingerprint density at radius 1 is 1.22 bits per heavy atom. The van der Waals surface area contributed by atoms with Crippen LogP contribution in [0.1, 0.15) is 34.7 Å². The summed E-state index contributed by atoms with van der Waals surface area (Å²) >= 11 is 0. The zero-order chi connectivity index (χ0) is 18.7. The van der Waals surface area contributed by atoms with E-state index >= 15 is 0 Å². The van der Waals surface area contributed by atoms with Gasteiger partial charge in [-0.1, -0.05) is 6.07 Å². The van der Waals surface area contributed by atoms with Crippen LogP contribution >= 0.6 is 0 Å². The first kappa shape index (κ1) is 17.8. The minimum atomic E-state index is -0.441. The molecule has 27 heavy (non-hydrogen) atoms. The topological polar surface area (TPSA) is 89.5 Å². The van der Waals surface area contributed by atoms with Crippen LogP contribution in [-0.4, -0.2) is 52.9 Å². The molecule has 2 aromatic heterocycles. The van der Waals surface area contributed by atoms with Crippen molar-refractivity contribution >= 4 is 11.9 Å². The van der Waals surface area contributed by atoms with Crippen molar-refractivity contribution in [3.8, 4) is 0 Å². The Kier molecular flexibility index (Phi) is 5.00. The highest BCUT2D eigenvalue weighted by molar-refractivity contribution is 5.92. The van der Waals surface area contributed by atoms with Gasteiger partial charge >= 0.3 is 0 Å². The van der Waals surface area contributed by atoms with Gasteiger partial charge in [-0.25, -0.2) is 9.97 Å². The van der Waals surface area contributed by atoms with E-state index in [0.29, 0.717) is 31.4 Å². The third kappa shape index (κ3) is 4.06. The van der Waals surface area contributed by atoms with Gasteiger partial charge in [-0.3, -0.25) is 9.78 Å². The van der Waals surface area contributed by atoms with Crippen molar-refractivity contribution in [3.05, 3.63) is 47.5 Å². The fraction of sp³-hybridized carbons (Fsp3) is 0.474. The van der Waals surface area contributed by atoms with E-state index < -0.39 is 5.79 Å². The first-order valence-corrected chi connectivity index (χ1v) is 9.20. The Hall–Kier alpha value is -2.58. The Bertz CT molecular complexity index is 798. The predicted octanol–water partition coefficient (Wildman–Crippen LogP) is 1.45. The maximum Gasteiger partial charge on any atom is 0.270 e. The van der Waals surface area contributed by atoms with Crippen LogP contribution in [0.15, 0.2) is 30.5 Å². The van der Waals surface area contributed by atoms with E-state index in [1.54, 1.807) is 12.3 Å². The van der Waals surface area contributed by atoms with Gasteiger partial charge in [0.2, 0.25) is 5.95 Å². The number of rotatable bonds is 4. The molecule has 2 aliphatic heterocycles. The maximum absolute atomic E-state index is 12.5. The minimum absolute atomic E-state index is 0.233. The number of hydrogen-bond acceptors (Lipinski definition) is 7. The van der Waals surface area contributed by atoms with Gasteiger partial charge in [0.15, 0.2) is 5.79 Å². The van der Waals surface area contributed by atoms with E-state index in [9.17, 15) is 4.79 Å². The second-order valence-corrected chi connectivity index (χ2v) is 6.79. The number of pyridine rings is 1. The largest absolute Gasteiger partial charge is 0.347 e. The number of carbonyl (C=O) groups is 1. The van der Waals surface area contributed by atoms with Gasteiger partial charge in [0.25, 0.3) is 5.91 Å². The van der Waals surface area contributed by atoms with E-state index in [1.807, 2.05) is 25.1 Å². The summed E-state index contributed by atoms with van der Waals surface area (Å²) in [5, 5.41) is 2.86. The fourth-order valence-electron chi connectivity index (χ4n) is 3.41. The summed E-state index contributed by atoms with van der Waals surface area (Å²) in [7, 11) is 0. The van der Waals surface area contributed by atoms with E-state index in [0.717, 1.165) is 37.3 Å². The zero-order valence-corrected chi connectivity index (χ0v) is 15.4. The molecule has 142 valence electrons. The molecule has 8 heteroatoms. The van der Waals surface area contributed by atoms with Crippen molar-refractivity contribution in [2.24, 2.45) is 0 Å². The first-order valence-electron chi connectivity index (χ1n) is 9.20. The Balaban J connectivity index is 1.42. The van der Waals surface area contributed by atoms with Gasteiger partial charge in [-0.15, -0.1) is 0 Å². The number of carbonyl (C=O) groups excluding carboxylic acids is 1. The van der Waals surface area contributed by atoms with Crippen LogP contribution in [0.5, 0.6) is 0 Å². The third-order valence-electron chi connectivity index (χ3n) is 4.85. The molecule has 0 atom stereocenters. The van der Waals surface area contributed by atoms with Crippen LogP contribution in [-0.2, 0) is 16.0 Å². The Labute approximate surface area is 157 Å². The summed E-state index contributed by atoms with van der Waals surface area (Å²) in [4.78, 5) is 27.8. The van der Waals surface area contributed by atoms with Crippen molar-refractivity contribution < 1.29 is 14.3 Å². The van der Waals surface area contributed by atoms with Crippen LogP contribution in [0.4, 0.5) is 5.95 Å². The molecule has 2 aliphatic rings. The summed E-state index contributed by atoms with van der Waals surface area (Å²) < 4.78 is 11.5. The summed E-state index contributed by atoms with van der Waals surface area (Å²) in [5.41, 5.74) is 1.92. The van der Waals surface area contributed by atoms with Crippen LogP contribution < -0.4 is 10.2 Å². The van der Waals surface area contributed by atoms with Crippen molar-refractivity contribution in [1.82, 2.24) is 20.3 Å². The molecular formula is C19H23N5O3. The second-order valence-electron chi connectivity index (χ2n) is 6.79. The Morgan fingerprint density at radius 3 is 2.70 bits per heavy atom. The molecule has 0 aromatic carbocycles. The standard InChI is InChI=1S/C19H23N5O3/c1-14-12-16(17(25)21-13-15-4-2-3-7-20-15)23-18(22-14)24-8-5-19(6-9-24)26-10-11-27-19/h2-4,7,12H,5-6,8-11,13H2,1H3,(H,21,25). The molecule has 0 aliphatic carbocycles. The predicted molar refractivity (Wildman–Crippen MR) is 98.3 cm³/mol. The lowest BCUT2D eigenvalue weighted by atomic mass is 10.0. The molecule has 8 nitrogen and oxygen atoms in total. The van der Waals surface area contributed by atoms with Gasteiger partial charge < -0.3 is 19.7 Å². The normalized spacial score (nSPS) is 18.6. The zero-order valence-electron chi connectivity index (χ0n) is 15.4. The number of piperidine rings is 1. The molecule has 0 saturated carbocycles. The van der Waals surface area contributed by atoms with E-state index in [2.05, 4.69) is 25.2 Å². The lowest BCUT2D eigenvalue weighted by molar-refractivity contribution is -0.169. The van der Waals surface area contributed by atoms with Crippen LogP contribution in [0, 0.1) is 6.92 Å². The Morgan fingerprint density at radius 2 is 2.00 bits per heavy atom. The van der Waals surface area contributed by atoms with E-state index in [1.165, 1.54) is 0 Å². The highest BCUT2D eigenvalue weighted by atomic mass is 16.7. The number of ether oxygens (including phenoxy) is 2. The second kappa shape index (κ2) is 7.58. The van der Waals surface area contributed by atoms with E-state index in [-0.39, 0.29) is 5.91 Å². The number of nitrogens with zero attached hydrogens (tertiary/aromatic N) is 4. The summed E-state index contributed by atoms with van der Waals surface area (Å²) in [5.74, 6) is -0.0994. The summed E-state index contributed by atoms with van der Waals surface area (Å²) in [6, 6.07) is 7.30. The minimum Gasteiger partial charge on any atom is -0.347 e. The molecular weight excluding hydrogens is 346 g/mol. The summed E-state index contributed by atoms with van der Waals surface area (Å²) in [6.07, 6.45) is 3.24. The quantitative estimate of drug-likeness (QED) is 0.872. The van der Waals surface area contributed by atoms with Gasteiger partial charge in [0, 0.05) is 37.8 Å². The lowest BCUT2D eigenvalue weighted by Gasteiger charge is -2.37. The molecule has 1 spiro atoms. The van der Waals surface area contributed by atoms with Gasteiger partial charge in [-0.2, -0.15) is 0 Å². The molecule has 0 radical (unpaired) electrons. The molecule has 2 aromatic rings. The molecule has 2 fully saturated rings. The number of amides is 1. The van der Waals surface area contributed by atoms with Gasteiger partial charge in [0.05, 0.1) is 25.5 Å². The van der Waals surface area contributed by atoms with Crippen molar-refractivity contribution in [2.45, 2.75) is 32.1 Å². The maximum atomic E-state index is 12.5. The highest BCUT2D eigenvalue weighted by Gasteiger charge is 2.40. The van der Waals surface area contributed by atoms with E-state index in [4.69, 9.17) is 9.47 Å². The molecule has 4 rings (SSSR count). The first-order chi connectivity index (χ1) is 13.1. The average Bonchev–Trinajstić information content (AvgIpc) is 3.15. The van der Waals surface area contributed by atoms with Crippen molar-refractivity contribution in [1.29, 1.82) is 0 Å². The van der Waals surface area contributed by atoms with Gasteiger partial charge in [-0.05, 0) is 25.1 Å². The number of nitrogens with one attached hydrogen (secondary N) is 1.